The molecule has 0 fully saturated rings. The zero-order valence-corrected chi connectivity index (χ0v) is 14.4. The van der Waals surface area contributed by atoms with E-state index in [2.05, 4.69) is 30.6 Å². The fourth-order valence-electron chi connectivity index (χ4n) is 2.16. The number of hydrogen-bond donors (Lipinski definition) is 2. The van der Waals surface area contributed by atoms with Crippen LogP contribution in [-0.4, -0.2) is 26.0 Å². The summed E-state index contributed by atoms with van der Waals surface area (Å²) in [6.07, 6.45) is 1.38. The summed E-state index contributed by atoms with van der Waals surface area (Å²) in [4.78, 5) is 16.7. The lowest BCUT2D eigenvalue weighted by atomic mass is 10.3. The van der Waals surface area contributed by atoms with Crippen LogP contribution in [0.2, 0.25) is 5.15 Å². The van der Waals surface area contributed by atoms with Crippen LogP contribution in [-0.2, 0) is 0 Å². The SMILES string of the molecule is CC(C)Nc1cc(Nc2ccnc(F)c2)nc(-c2cccc(Cl)n2)n1. The van der Waals surface area contributed by atoms with E-state index in [9.17, 15) is 4.39 Å². The number of anilines is 3. The number of aromatic nitrogens is 4. The minimum Gasteiger partial charge on any atom is -0.368 e. The standard InChI is InChI=1S/C17H16ClFN6/c1-10(2)21-15-9-16(22-11-6-7-20-14(19)8-11)25-17(24-15)12-4-3-5-13(18)23-12/h3-10H,1-2H3,(H2,20,21,22,24,25). The van der Waals surface area contributed by atoms with Crippen molar-refractivity contribution in [2.24, 2.45) is 0 Å². The summed E-state index contributed by atoms with van der Waals surface area (Å²) in [6, 6.07) is 10.1. The molecule has 0 amide bonds. The van der Waals surface area contributed by atoms with Gasteiger partial charge in [0.1, 0.15) is 22.5 Å². The van der Waals surface area contributed by atoms with Gasteiger partial charge in [-0.3, -0.25) is 0 Å². The minimum atomic E-state index is -0.573. The molecule has 8 heteroatoms. The first-order chi connectivity index (χ1) is 12.0. The third-order valence-electron chi connectivity index (χ3n) is 3.11. The number of halogens is 2. The summed E-state index contributed by atoms with van der Waals surface area (Å²) >= 11 is 5.96. The monoisotopic (exact) mass is 358 g/mol. The van der Waals surface area contributed by atoms with E-state index in [4.69, 9.17) is 11.6 Å². The maximum Gasteiger partial charge on any atom is 0.214 e. The molecule has 25 heavy (non-hydrogen) atoms. The molecule has 0 saturated heterocycles. The first kappa shape index (κ1) is 17.0. The zero-order valence-electron chi connectivity index (χ0n) is 13.7. The van der Waals surface area contributed by atoms with Crippen LogP contribution >= 0.6 is 11.6 Å². The highest BCUT2D eigenvalue weighted by Crippen LogP contribution is 2.23. The lowest BCUT2D eigenvalue weighted by molar-refractivity contribution is 0.584. The van der Waals surface area contributed by atoms with Crippen molar-refractivity contribution < 1.29 is 4.39 Å². The topological polar surface area (TPSA) is 75.6 Å². The molecule has 0 spiro atoms. The molecule has 2 N–H and O–H groups in total. The van der Waals surface area contributed by atoms with E-state index in [1.165, 1.54) is 12.3 Å². The number of nitrogens with one attached hydrogen (secondary N) is 2. The molecule has 0 aliphatic carbocycles. The highest BCUT2D eigenvalue weighted by atomic mass is 35.5. The van der Waals surface area contributed by atoms with Gasteiger partial charge in [0.15, 0.2) is 5.82 Å². The van der Waals surface area contributed by atoms with Gasteiger partial charge in [0, 0.05) is 30.1 Å². The predicted octanol–water partition coefficient (Wildman–Crippen LogP) is 4.29. The second-order valence-corrected chi connectivity index (χ2v) is 5.99. The second kappa shape index (κ2) is 7.40. The first-order valence-electron chi connectivity index (χ1n) is 7.67. The van der Waals surface area contributed by atoms with E-state index in [0.29, 0.717) is 34.0 Å². The van der Waals surface area contributed by atoms with Crippen LogP contribution < -0.4 is 10.6 Å². The van der Waals surface area contributed by atoms with Gasteiger partial charge >= 0.3 is 0 Å². The Balaban J connectivity index is 2.00. The van der Waals surface area contributed by atoms with Crippen molar-refractivity contribution in [3.05, 3.63) is 53.7 Å². The highest BCUT2D eigenvalue weighted by molar-refractivity contribution is 6.29. The molecule has 3 aromatic rings. The van der Waals surface area contributed by atoms with Gasteiger partial charge in [-0.15, -0.1) is 0 Å². The highest BCUT2D eigenvalue weighted by Gasteiger charge is 2.10. The van der Waals surface area contributed by atoms with E-state index in [1.54, 1.807) is 30.3 Å². The Morgan fingerprint density at radius 3 is 2.56 bits per heavy atom. The van der Waals surface area contributed by atoms with Crippen LogP contribution in [0.3, 0.4) is 0 Å². The Hall–Kier alpha value is -2.80. The molecule has 6 nitrogen and oxygen atoms in total. The van der Waals surface area contributed by atoms with Crippen LogP contribution in [0.15, 0.2) is 42.6 Å². The van der Waals surface area contributed by atoms with Gasteiger partial charge in [-0.05, 0) is 32.0 Å². The Bertz CT molecular complexity index is 887. The molecular formula is C17H16ClFN6. The molecule has 0 aliphatic rings. The third kappa shape index (κ3) is 4.60. The van der Waals surface area contributed by atoms with Gasteiger partial charge < -0.3 is 10.6 Å². The van der Waals surface area contributed by atoms with Crippen molar-refractivity contribution in [1.29, 1.82) is 0 Å². The van der Waals surface area contributed by atoms with Gasteiger partial charge in [0.25, 0.3) is 0 Å². The molecule has 0 saturated carbocycles. The average molecular weight is 359 g/mol. The van der Waals surface area contributed by atoms with Gasteiger partial charge in [-0.1, -0.05) is 17.7 Å². The summed E-state index contributed by atoms with van der Waals surface area (Å²) in [5.41, 5.74) is 1.08. The lowest BCUT2D eigenvalue weighted by Crippen LogP contribution is -2.12. The molecule has 0 unspecified atom stereocenters. The van der Waals surface area contributed by atoms with E-state index in [-0.39, 0.29) is 6.04 Å². The lowest BCUT2D eigenvalue weighted by Gasteiger charge is -2.13. The Labute approximate surface area is 149 Å². The second-order valence-electron chi connectivity index (χ2n) is 5.60. The summed E-state index contributed by atoms with van der Waals surface area (Å²) in [5.74, 6) is 0.959. The molecule has 0 radical (unpaired) electrons. The van der Waals surface area contributed by atoms with Gasteiger partial charge in [-0.2, -0.15) is 4.39 Å². The number of hydrogen-bond acceptors (Lipinski definition) is 6. The van der Waals surface area contributed by atoms with Gasteiger partial charge in [0.2, 0.25) is 5.95 Å². The molecule has 0 bridgehead atoms. The van der Waals surface area contributed by atoms with Crippen LogP contribution in [0.4, 0.5) is 21.7 Å². The number of pyridine rings is 2. The smallest absolute Gasteiger partial charge is 0.214 e. The van der Waals surface area contributed by atoms with Crippen molar-refractivity contribution in [2.45, 2.75) is 19.9 Å². The van der Waals surface area contributed by atoms with E-state index in [1.807, 2.05) is 13.8 Å². The number of nitrogens with zero attached hydrogens (tertiary/aromatic N) is 4. The fraction of sp³-hybridized carbons (Fsp3) is 0.176. The average Bonchev–Trinajstić information content (AvgIpc) is 2.54. The van der Waals surface area contributed by atoms with E-state index in [0.717, 1.165) is 0 Å². The van der Waals surface area contributed by atoms with Crippen LogP contribution in [0.1, 0.15) is 13.8 Å². The van der Waals surface area contributed by atoms with E-state index < -0.39 is 5.95 Å². The van der Waals surface area contributed by atoms with Crippen molar-refractivity contribution in [2.75, 3.05) is 10.6 Å². The van der Waals surface area contributed by atoms with Crippen LogP contribution in [0.5, 0.6) is 0 Å². The van der Waals surface area contributed by atoms with Crippen LogP contribution in [0.25, 0.3) is 11.5 Å². The molecule has 0 aromatic carbocycles. The summed E-state index contributed by atoms with van der Waals surface area (Å²) < 4.78 is 13.3. The minimum absolute atomic E-state index is 0.182. The predicted molar refractivity (Wildman–Crippen MR) is 96.5 cm³/mol. The largest absolute Gasteiger partial charge is 0.368 e. The molecule has 0 aliphatic heterocycles. The number of rotatable bonds is 5. The summed E-state index contributed by atoms with van der Waals surface area (Å²) in [6.45, 7) is 4.01. The Kier molecular flexibility index (Phi) is 5.04. The van der Waals surface area contributed by atoms with Gasteiger partial charge in [0.05, 0.1) is 0 Å². The fourth-order valence-corrected chi connectivity index (χ4v) is 2.32. The third-order valence-corrected chi connectivity index (χ3v) is 3.32. The molecule has 3 rings (SSSR count). The molecule has 128 valence electrons. The van der Waals surface area contributed by atoms with E-state index >= 15 is 0 Å². The maximum atomic E-state index is 13.3. The molecule has 3 aromatic heterocycles. The van der Waals surface area contributed by atoms with Crippen molar-refractivity contribution in [1.82, 2.24) is 19.9 Å². The Morgan fingerprint density at radius 2 is 1.84 bits per heavy atom. The molecular weight excluding hydrogens is 343 g/mol. The maximum absolute atomic E-state index is 13.3. The summed E-state index contributed by atoms with van der Waals surface area (Å²) in [5, 5.41) is 6.64. The first-order valence-corrected chi connectivity index (χ1v) is 8.04. The van der Waals surface area contributed by atoms with Crippen LogP contribution in [0, 0.1) is 5.95 Å². The van der Waals surface area contributed by atoms with Crippen molar-refractivity contribution >= 4 is 28.9 Å². The summed E-state index contributed by atoms with van der Waals surface area (Å²) in [7, 11) is 0. The van der Waals surface area contributed by atoms with Crippen molar-refractivity contribution in [3.63, 3.8) is 0 Å². The normalized spacial score (nSPS) is 10.8. The zero-order chi connectivity index (χ0) is 17.8. The molecule has 0 atom stereocenters. The van der Waals surface area contributed by atoms with Gasteiger partial charge in [-0.25, -0.2) is 19.9 Å². The Morgan fingerprint density at radius 1 is 1.04 bits per heavy atom. The molecule has 3 heterocycles. The quantitative estimate of drug-likeness (QED) is 0.663. The van der Waals surface area contributed by atoms with Crippen molar-refractivity contribution in [3.8, 4) is 11.5 Å².